The summed E-state index contributed by atoms with van der Waals surface area (Å²) in [6.07, 6.45) is 1.40. The Bertz CT molecular complexity index is 1710. The van der Waals surface area contributed by atoms with Gasteiger partial charge in [0.2, 0.25) is 0 Å². The molecule has 4 rings (SSSR count). The number of carbonyl (C=O) groups is 2. The fraction of sp³-hybridized carbons (Fsp3) is 0.156. The summed E-state index contributed by atoms with van der Waals surface area (Å²) in [5.74, 6) is -0.0843. The minimum atomic E-state index is -4.14. The number of aryl methyl sites for hydroxylation is 1. The van der Waals surface area contributed by atoms with Crippen molar-refractivity contribution in [3.05, 3.63) is 119 Å². The fourth-order valence-corrected chi connectivity index (χ4v) is 5.62. The van der Waals surface area contributed by atoms with E-state index in [1.165, 1.54) is 43.7 Å². The summed E-state index contributed by atoms with van der Waals surface area (Å²) in [5, 5.41) is 6.94. The van der Waals surface area contributed by atoms with E-state index in [9.17, 15) is 18.0 Å². The second-order valence-electron chi connectivity index (χ2n) is 9.56. The Hall–Kier alpha value is -4.87. The van der Waals surface area contributed by atoms with E-state index in [1.807, 2.05) is 37.3 Å². The van der Waals surface area contributed by atoms with E-state index in [0.29, 0.717) is 23.6 Å². The van der Waals surface area contributed by atoms with Gasteiger partial charge in [0.1, 0.15) is 18.0 Å². The Morgan fingerprint density at radius 2 is 1.64 bits per heavy atom. The van der Waals surface area contributed by atoms with Crippen LogP contribution in [0.5, 0.6) is 11.5 Å². The van der Waals surface area contributed by atoms with E-state index < -0.39 is 22.5 Å². The number of methoxy groups -OCH3 is 1. The van der Waals surface area contributed by atoms with Crippen molar-refractivity contribution in [1.82, 2.24) is 10.7 Å². The molecule has 2 amide bonds. The molecule has 228 valence electrons. The molecular weight excluding hydrogens is 604 g/mol. The number of hydrazone groups is 1. The monoisotopic (exact) mass is 634 g/mol. The van der Waals surface area contributed by atoms with Crippen molar-refractivity contribution in [3.8, 4) is 11.5 Å². The van der Waals surface area contributed by atoms with Gasteiger partial charge in [-0.2, -0.15) is 5.10 Å². The average molecular weight is 635 g/mol. The minimum absolute atomic E-state index is 0.0160. The van der Waals surface area contributed by atoms with Crippen molar-refractivity contribution in [2.45, 2.75) is 18.4 Å². The molecule has 0 atom stereocenters. The smallest absolute Gasteiger partial charge is 0.264 e. The largest absolute Gasteiger partial charge is 0.495 e. The molecule has 0 aromatic heterocycles. The van der Waals surface area contributed by atoms with E-state index in [0.717, 1.165) is 15.4 Å². The van der Waals surface area contributed by atoms with Crippen LogP contribution in [0.15, 0.2) is 107 Å². The molecule has 10 nitrogen and oxygen atoms in total. The zero-order chi connectivity index (χ0) is 31.5. The number of rotatable bonds is 13. The lowest BCUT2D eigenvalue weighted by molar-refractivity contribution is -0.123. The third-order valence-electron chi connectivity index (χ3n) is 6.30. The summed E-state index contributed by atoms with van der Waals surface area (Å²) in [6, 6.07) is 27.0. The number of benzene rings is 4. The third-order valence-corrected chi connectivity index (χ3v) is 8.39. The van der Waals surface area contributed by atoms with Crippen LogP contribution in [0, 0.1) is 6.92 Å². The first-order chi connectivity index (χ1) is 21.2. The number of ether oxygens (including phenoxy) is 2. The number of amides is 2. The van der Waals surface area contributed by atoms with Gasteiger partial charge in [0.05, 0.1) is 28.9 Å². The second-order valence-corrected chi connectivity index (χ2v) is 11.8. The van der Waals surface area contributed by atoms with E-state index in [-0.39, 0.29) is 28.1 Å². The van der Waals surface area contributed by atoms with Crippen LogP contribution in [-0.4, -0.2) is 46.7 Å². The predicted octanol–water partition coefficient (Wildman–Crippen LogP) is 4.70. The molecule has 4 aromatic carbocycles. The molecule has 0 bridgehead atoms. The van der Waals surface area contributed by atoms with Crippen LogP contribution in [0.3, 0.4) is 0 Å². The highest BCUT2D eigenvalue weighted by Crippen LogP contribution is 2.32. The van der Waals surface area contributed by atoms with Gasteiger partial charge in [0, 0.05) is 6.54 Å². The van der Waals surface area contributed by atoms with Gasteiger partial charge < -0.3 is 14.8 Å². The summed E-state index contributed by atoms with van der Waals surface area (Å²) in [7, 11) is -2.69. The molecule has 0 aliphatic rings. The van der Waals surface area contributed by atoms with Gasteiger partial charge in [-0.1, -0.05) is 59.6 Å². The summed E-state index contributed by atoms with van der Waals surface area (Å²) in [5.41, 5.74) is 5.06. The van der Waals surface area contributed by atoms with Crippen molar-refractivity contribution in [2.24, 2.45) is 5.10 Å². The topological polar surface area (TPSA) is 126 Å². The Morgan fingerprint density at radius 3 is 2.30 bits per heavy atom. The molecule has 0 spiro atoms. The van der Waals surface area contributed by atoms with Crippen molar-refractivity contribution >= 4 is 45.3 Å². The van der Waals surface area contributed by atoms with Crippen LogP contribution in [-0.2, 0) is 26.2 Å². The molecule has 2 N–H and O–H groups in total. The number of anilines is 1. The van der Waals surface area contributed by atoms with Crippen LogP contribution in [0.2, 0.25) is 5.02 Å². The predicted molar refractivity (Wildman–Crippen MR) is 170 cm³/mol. The molecule has 0 aliphatic heterocycles. The number of sulfonamides is 1. The highest BCUT2D eigenvalue weighted by molar-refractivity contribution is 7.92. The molecule has 0 aliphatic carbocycles. The lowest BCUT2D eigenvalue weighted by atomic mass is 10.2. The van der Waals surface area contributed by atoms with E-state index >= 15 is 0 Å². The molecule has 0 unspecified atom stereocenters. The summed E-state index contributed by atoms with van der Waals surface area (Å²) >= 11 is 6.26. The van der Waals surface area contributed by atoms with Crippen LogP contribution >= 0.6 is 11.6 Å². The minimum Gasteiger partial charge on any atom is -0.495 e. The SMILES string of the molecule is COc1ccc(N(CC(=O)N/N=C\c2ccc(OCC(=O)NCc3ccccc3)cc2)S(=O)(=O)c2ccc(C)cc2)cc1Cl. The lowest BCUT2D eigenvalue weighted by Gasteiger charge is -2.24. The summed E-state index contributed by atoms with van der Waals surface area (Å²) in [6.45, 7) is 1.55. The number of nitrogens with one attached hydrogen (secondary N) is 2. The van der Waals surface area contributed by atoms with Gasteiger partial charge in [-0.25, -0.2) is 13.8 Å². The number of nitrogens with zero attached hydrogens (tertiary/aromatic N) is 2. The number of hydrogen-bond donors (Lipinski definition) is 2. The maximum absolute atomic E-state index is 13.6. The van der Waals surface area contributed by atoms with Gasteiger partial charge >= 0.3 is 0 Å². The normalized spacial score (nSPS) is 11.2. The molecule has 0 fully saturated rings. The van der Waals surface area contributed by atoms with Crippen molar-refractivity contribution < 1.29 is 27.5 Å². The van der Waals surface area contributed by atoms with Crippen LogP contribution < -0.4 is 24.5 Å². The van der Waals surface area contributed by atoms with Crippen LogP contribution in [0.1, 0.15) is 16.7 Å². The van der Waals surface area contributed by atoms with E-state index in [1.54, 1.807) is 36.4 Å². The zero-order valence-electron chi connectivity index (χ0n) is 24.1. The lowest BCUT2D eigenvalue weighted by Crippen LogP contribution is -2.39. The van der Waals surface area contributed by atoms with E-state index in [4.69, 9.17) is 21.1 Å². The molecule has 0 saturated heterocycles. The first-order valence-corrected chi connectivity index (χ1v) is 15.3. The third kappa shape index (κ3) is 8.82. The molecular formula is C32H31ClN4O6S. The van der Waals surface area contributed by atoms with Gasteiger partial charge in [-0.05, 0) is 72.6 Å². The maximum atomic E-state index is 13.6. The summed E-state index contributed by atoms with van der Waals surface area (Å²) in [4.78, 5) is 25.0. The Labute approximate surface area is 261 Å². The Kier molecular flexibility index (Phi) is 11.0. The first-order valence-electron chi connectivity index (χ1n) is 13.4. The van der Waals surface area contributed by atoms with Gasteiger partial charge in [-0.3, -0.25) is 13.9 Å². The Morgan fingerprint density at radius 1 is 0.932 bits per heavy atom. The number of halogens is 1. The standard InChI is InChI=1S/C32H31ClN4O6S/c1-23-8-15-28(16-9-23)44(40,41)37(26-12-17-30(42-2)29(33)18-26)21-31(38)36-35-20-25-10-13-27(14-11-25)43-22-32(39)34-19-24-6-4-3-5-7-24/h3-18,20H,19,21-22H2,1-2H3,(H,34,39)(H,36,38)/b35-20-. The highest BCUT2D eigenvalue weighted by Gasteiger charge is 2.28. The first kappa shape index (κ1) is 32.1. The summed E-state index contributed by atoms with van der Waals surface area (Å²) < 4.78 is 38.8. The maximum Gasteiger partial charge on any atom is 0.264 e. The van der Waals surface area contributed by atoms with Gasteiger partial charge in [0.15, 0.2) is 6.61 Å². The van der Waals surface area contributed by atoms with Crippen molar-refractivity contribution in [1.29, 1.82) is 0 Å². The zero-order valence-corrected chi connectivity index (χ0v) is 25.6. The molecule has 0 saturated carbocycles. The Balaban J connectivity index is 1.36. The number of hydrogen-bond acceptors (Lipinski definition) is 7. The van der Waals surface area contributed by atoms with Crippen LogP contribution in [0.4, 0.5) is 5.69 Å². The van der Waals surface area contributed by atoms with Gasteiger partial charge in [-0.15, -0.1) is 0 Å². The molecule has 0 heterocycles. The van der Waals surface area contributed by atoms with Gasteiger partial charge in [0.25, 0.3) is 21.8 Å². The van der Waals surface area contributed by atoms with Crippen molar-refractivity contribution in [2.75, 3.05) is 24.6 Å². The quantitative estimate of drug-likeness (QED) is 0.162. The fourth-order valence-electron chi connectivity index (χ4n) is 3.95. The van der Waals surface area contributed by atoms with E-state index in [2.05, 4.69) is 15.8 Å². The highest BCUT2D eigenvalue weighted by atomic mass is 35.5. The second kappa shape index (κ2) is 15.0. The molecule has 0 radical (unpaired) electrons. The molecule has 12 heteroatoms. The average Bonchev–Trinajstić information content (AvgIpc) is 3.03. The van der Waals surface area contributed by atoms with Crippen molar-refractivity contribution in [3.63, 3.8) is 0 Å². The molecule has 44 heavy (non-hydrogen) atoms. The van der Waals surface area contributed by atoms with Crippen LogP contribution in [0.25, 0.3) is 0 Å². The number of carbonyl (C=O) groups excluding carboxylic acids is 2. The molecule has 4 aromatic rings.